The molecule has 0 fully saturated rings. The highest BCUT2D eigenvalue weighted by molar-refractivity contribution is 7.10. The topological polar surface area (TPSA) is 56.7 Å². The number of nitrogens with one attached hydrogen (secondary N) is 2. The first-order valence-electron chi connectivity index (χ1n) is 7.88. The zero-order valence-electron chi connectivity index (χ0n) is 13.7. The van der Waals surface area contributed by atoms with Gasteiger partial charge in [-0.25, -0.2) is 0 Å². The van der Waals surface area contributed by atoms with Gasteiger partial charge in [-0.1, -0.05) is 43.3 Å². The lowest BCUT2D eigenvalue weighted by Gasteiger charge is -2.19. The first kappa shape index (κ1) is 17.5. The molecule has 2 rings (SSSR count). The number of benzene rings is 1. The van der Waals surface area contributed by atoms with E-state index in [1.807, 2.05) is 30.3 Å². The Balaban J connectivity index is 1.82. The molecule has 1 aromatic carbocycles. The number of nitrogens with zero attached hydrogens (tertiary/aromatic N) is 1. The summed E-state index contributed by atoms with van der Waals surface area (Å²) in [6, 6.07) is 14.3. The van der Waals surface area contributed by atoms with Crippen molar-refractivity contribution in [3.8, 4) is 0 Å². The van der Waals surface area contributed by atoms with Crippen LogP contribution in [0.3, 0.4) is 0 Å². The van der Waals surface area contributed by atoms with Crippen molar-refractivity contribution in [2.75, 3.05) is 26.7 Å². The van der Waals surface area contributed by atoms with E-state index in [0.717, 1.165) is 18.1 Å². The Morgan fingerprint density at radius 1 is 1.13 bits per heavy atom. The number of aliphatic hydroxyl groups is 1. The van der Waals surface area contributed by atoms with Crippen LogP contribution in [0.5, 0.6) is 0 Å². The number of guanidine groups is 1. The minimum Gasteiger partial charge on any atom is -0.396 e. The van der Waals surface area contributed by atoms with Gasteiger partial charge >= 0.3 is 0 Å². The second kappa shape index (κ2) is 9.33. The molecule has 5 heteroatoms. The maximum absolute atomic E-state index is 9.61. The van der Waals surface area contributed by atoms with Crippen molar-refractivity contribution < 1.29 is 5.11 Å². The predicted octanol–water partition coefficient (Wildman–Crippen LogP) is 2.79. The summed E-state index contributed by atoms with van der Waals surface area (Å²) in [7, 11) is 1.77. The van der Waals surface area contributed by atoms with E-state index in [-0.39, 0.29) is 12.5 Å². The first-order chi connectivity index (χ1) is 11.2. The van der Waals surface area contributed by atoms with Gasteiger partial charge in [-0.2, -0.15) is 0 Å². The number of hydrogen-bond donors (Lipinski definition) is 3. The van der Waals surface area contributed by atoms with Crippen LogP contribution >= 0.6 is 11.3 Å². The fraction of sp³-hybridized carbons (Fsp3) is 0.389. The third kappa shape index (κ3) is 5.37. The molecule has 0 spiro atoms. The zero-order chi connectivity index (χ0) is 16.5. The van der Waals surface area contributed by atoms with E-state index in [9.17, 15) is 5.11 Å². The van der Waals surface area contributed by atoms with Gasteiger partial charge in [0.15, 0.2) is 5.96 Å². The molecule has 0 aliphatic rings. The van der Waals surface area contributed by atoms with Gasteiger partial charge in [-0.05, 0) is 17.0 Å². The number of aliphatic hydroxyl groups excluding tert-OH is 1. The molecule has 4 nitrogen and oxygen atoms in total. The summed E-state index contributed by atoms with van der Waals surface area (Å²) in [6.07, 6.45) is 0. The molecule has 23 heavy (non-hydrogen) atoms. The fourth-order valence-corrected chi connectivity index (χ4v) is 3.16. The lowest BCUT2D eigenvalue weighted by molar-refractivity contribution is 0.265. The summed E-state index contributed by atoms with van der Waals surface area (Å²) in [6.45, 7) is 3.79. The van der Waals surface area contributed by atoms with Gasteiger partial charge in [0, 0.05) is 36.9 Å². The average Bonchev–Trinajstić information content (AvgIpc) is 3.13. The van der Waals surface area contributed by atoms with Crippen LogP contribution in [-0.4, -0.2) is 37.8 Å². The maximum atomic E-state index is 9.61. The minimum absolute atomic E-state index is 0.0597. The molecule has 2 unspecified atom stereocenters. The van der Waals surface area contributed by atoms with Crippen LogP contribution in [0.4, 0.5) is 0 Å². The van der Waals surface area contributed by atoms with Gasteiger partial charge < -0.3 is 15.7 Å². The van der Waals surface area contributed by atoms with E-state index in [1.165, 1.54) is 4.88 Å². The van der Waals surface area contributed by atoms with Crippen molar-refractivity contribution in [3.63, 3.8) is 0 Å². The van der Waals surface area contributed by atoms with E-state index >= 15 is 0 Å². The third-order valence-electron chi connectivity index (χ3n) is 3.84. The third-order valence-corrected chi connectivity index (χ3v) is 4.94. The highest BCUT2D eigenvalue weighted by atomic mass is 32.1. The summed E-state index contributed by atoms with van der Waals surface area (Å²) in [5.41, 5.74) is 1.13. The van der Waals surface area contributed by atoms with Crippen molar-refractivity contribution in [2.45, 2.75) is 18.8 Å². The van der Waals surface area contributed by atoms with Gasteiger partial charge in [0.2, 0.25) is 0 Å². The maximum Gasteiger partial charge on any atom is 0.191 e. The lowest BCUT2D eigenvalue weighted by Crippen LogP contribution is -2.41. The van der Waals surface area contributed by atoms with Crippen molar-refractivity contribution in [1.82, 2.24) is 10.6 Å². The largest absolute Gasteiger partial charge is 0.396 e. The van der Waals surface area contributed by atoms with Gasteiger partial charge in [0.25, 0.3) is 0 Å². The average molecular weight is 331 g/mol. The van der Waals surface area contributed by atoms with Crippen LogP contribution in [0.1, 0.15) is 29.2 Å². The molecule has 0 saturated carbocycles. The van der Waals surface area contributed by atoms with E-state index in [1.54, 1.807) is 18.4 Å². The molecule has 0 bridgehead atoms. The Bertz CT molecular complexity index is 584. The molecule has 0 radical (unpaired) electrons. The second-order valence-corrected chi connectivity index (χ2v) is 6.52. The molecular weight excluding hydrogens is 306 g/mol. The summed E-state index contributed by atoms with van der Waals surface area (Å²) >= 11 is 1.78. The molecule has 0 saturated heterocycles. The normalized spacial score (nSPS) is 14.3. The van der Waals surface area contributed by atoms with Gasteiger partial charge in [0.05, 0.1) is 6.61 Å². The van der Waals surface area contributed by atoms with Gasteiger partial charge in [-0.3, -0.25) is 4.99 Å². The smallest absolute Gasteiger partial charge is 0.191 e. The number of thiophene rings is 1. The monoisotopic (exact) mass is 331 g/mol. The van der Waals surface area contributed by atoms with Crippen molar-refractivity contribution >= 4 is 17.3 Å². The molecule has 2 aromatic rings. The molecule has 0 aliphatic heterocycles. The summed E-state index contributed by atoms with van der Waals surface area (Å²) in [4.78, 5) is 5.62. The molecule has 1 aromatic heterocycles. The summed E-state index contributed by atoms with van der Waals surface area (Å²) in [5.74, 6) is 1.27. The predicted molar refractivity (Wildman–Crippen MR) is 98.4 cm³/mol. The van der Waals surface area contributed by atoms with Crippen LogP contribution in [0.15, 0.2) is 52.8 Å². The standard InChI is InChI=1S/C18H25N3OS/c1-14(17-9-6-10-23-17)11-20-18(19-2)21-12-16(13-22)15-7-4-3-5-8-15/h3-10,14,16,22H,11-13H2,1-2H3,(H2,19,20,21). The molecule has 0 amide bonds. The van der Waals surface area contributed by atoms with E-state index < -0.39 is 0 Å². The SMILES string of the molecule is CN=C(NCC(C)c1cccs1)NCC(CO)c1ccccc1. The number of hydrogen-bond acceptors (Lipinski definition) is 3. The molecule has 3 N–H and O–H groups in total. The fourth-order valence-electron chi connectivity index (χ4n) is 2.38. The zero-order valence-corrected chi connectivity index (χ0v) is 14.5. The van der Waals surface area contributed by atoms with E-state index in [2.05, 4.69) is 40.1 Å². The Morgan fingerprint density at radius 2 is 1.87 bits per heavy atom. The molecule has 0 aliphatic carbocycles. The number of aliphatic imine (C=N–C) groups is 1. The van der Waals surface area contributed by atoms with Crippen LogP contribution in [-0.2, 0) is 0 Å². The Kier molecular flexibility index (Phi) is 7.10. The van der Waals surface area contributed by atoms with Gasteiger partial charge in [0.1, 0.15) is 0 Å². The quantitative estimate of drug-likeness (QED) is 0.540. The number of rotatable bonds is 7. The molecule has 2 atom stereocenters. The summed E-state index contributed by atoms with van der Waals surface area (Å²) < 4.78 is 0. The molecule has 124 valence electrons. The molecular formula is C18H25N3OS. The van der Waals surface area contributed by atoms with Crippen molar-refractivity contribution in [3.05, 3.63) is 58.3 Å². The Labute approximate surface area is 142 Å². The van der Waals surface area contributed by atoms with E-state index in [4.69, 9.17) is 0 Å². The van der Waals surface area contributed by atoms with Gasteiger partial charge in [-0.15, -0.1) is 11.3 Å². The van der Waals surface area contributed by atoms with Crippen LogP contribution in [0.25, 0.3) is 0 Å². The van der Waals surface area contributed by atoms with E-state index in [0.29, 0.717) is 12.5 Å². The second-order valence-electron chi connectivity index (χ2n) is 5.54. The van der Waals surface area contributed by atoms with Crippen LogP contribution in [0.2, 0.25) is 0 Å². The molecule has 1 heterocycles. The van der Waals surface area contributed by atoms with Crippen molar-refractivity contribution in [1.29, 1.82) is 0 Å². The van der Waals surface area contributed by atoms with Crippen molar-refractivity contribution in [2.24, 2.45) is 4.99 Å². The lowest BCUT2D eigenvalue weighted by atomic mass is 10.0. The highest BCUT2D eigenvalue weighted by Gasteiger charge is 2.12. The Hall–Kier alpha value is -1.85. The Morgan fingerprint density at radius 3 is 2.48 bits per heavy atom. The summed E-state index contributed by atoms with van der Waals surface area (Å²) in [5, 5.41) is 18.4. The van der Waals surface area contributed by atoms with Crippen LogP contribution in [0, 0.1) is 0 Å². The minimum atomic E-state index is 0.0597. The van der Waals surface area contributed by atoms with Crippen LogP contribution < -0.4 is 10.6 Å². The first-order valence-corrected chi connectivity index (χ1v) is 8.76. The highest BCUT2D eigenvalue weighted by Crippen LogP contribution is 2.19.